The van der Waals surface area contributed by atoms with E-state index in [4.69, 9.17) is 0 Å². The van der Waals surface area contributed by atoms with Gasteiger partial charge in [0.1, 0.15) is 0 Å². The first-order chi connectivity index (χ1) is 9.04. The minimum atomic E-state index is -0.835. The number of hydrogen-bond donors (Lipinski definition) is 3. The van der Waals surface area contributed by atoms with E-state index in [0.717, 1.165) is 35.8 Å². The van der Waals surface area contributed by atoms with E-state index in [1.165, 1.54) is 0 Å². The average Bonchev–Trinajstić information content (AvgIpc) is 2.70. The van der Waals surface area contributed by atoms with Crippen LogP contribution in [-0.2, 0) is 11.2 Å². The van der Waals surface area contributed by atoms with Gasteiger partial charge in [-0.15, -0.1) is 0 Å². The molecule has 1 heterocycles. The molecule has 0 aliphatic heterocycles. The molecular weight excluding hydrogens is 310 g/mol. The molecule has 1 aromatic rings. The van der Waals surface area contributed by atoms with E-state index in [2.05, 4.69) is 31.4 Å². The van der Waals surface area contributed by atoms with Crippen LogP contribution in [0.15, 0.2) is 4.47 Å². The monoisotopic (exact) mass is 329 g/mol. The lowest BCUT2D eigenvalue weighted by molar-refractivity contribution is -0.122. The predicted molar refractivity (Wildman–Crippen MR) is 76.9 cm³/mol. The number of aromatic nitrogens is 2. The Kier molecular flexibility index (Phi) is 4.62. The van der Waals surface area contributed by atoms with E-state index >= 15 is 0 Å². The number of aromatic amines is 1. The molecule has 0 atom stereocenters. The third-order valence-corrected chi connectivity index (χ3v) is 4.51. The van der Waals surface area contributed by atoms with E-state index < -0.39 is 5.60 Å². The molecule has 0 radical (unpaired) electrons. The zero-order valence-electron chi connectivity index (χ0n) is 11.1. The van der Waals surface area contributed by atoms with Crippen LogP contribution in [0.3, 0.4) is 0 Å². The largest absolute Gasteiger partial charge is 0.389 e. The maximum absolute atomic E-state index is 12.0. The highest BCUT2D eigenvalue weighted by Gasteiger charge is 2.32. The predicted octanol–water partition coefficient (Wildman–Crippen LogP) is 2.76. The van der Waals surface area contributed by atoms with Gasteiger partial charge < -0.3 is 10.4 Å². The van der Waals surface area contributed by atoms with Crippen molar-refractivity contribution in [2.45, 2.75) is 57.5 Å². The summed E-state index contributed by atoms with van der Waals surface area (Å²) in [7, 11) is 0. The van der Waals surface area contributed by atoms with Gasteiger partial charge in [0, 0.05) is 0 Å². The maximum atomic E-state index is 12.0. The number of H-pyrrole nitrogens is 1. The Bertz CT molecular complexity index is 453. The summed E-state index contributed by atoms with van der Waals surface area (Å²) in [5.41, 5.74) is 0.116. The zero-order valence-corrected chi connectivity index (χ0v) is 12.7. The minimum absolute atomic E-state index is 0.147. The van der Waals surface area contributed by atoms with Crippen LogP contribution in [-0.4, -0.2) is 26.8 Å². The van der Waals surface area contributed by atoms with Gasteiger partial charge in [0.05, 0.1) is 22.2 Å². The lowest BCUT2D eigenvalue weighted by Gasteiger charge is -2.31. The smallest absolute Gasteiger partial charge is 0.228 e. The Morgan fingerprint density at radius 1 is 1.47 bits per heavy atom. The number of nitrogens with zero attached hydrogens (tertiary/aromatic N) is 1. The summed E-state index contributed by atoms with van der Waals surface area (Å²) in [6.45, 7) is 2.01. The third kappa shape index (κ3) is 3.57. The van der Waals surface area contributed by atoms with Crippen LogP contribution in [0, 0.1) is 0 Å². The molecule has 2 rings (SSSR count). The molecule has 1 saturated carbocycles. The highest BCUT2D eigenvalue weighted by molar-refractivity contribution is 9.10. The molecule has 106 valence electrons. The van der Waals surface area contributed by atoms with Crippen molar-refractivity contribution in [1.82, 2.24) is 10.2 Å². The maximum Gasteiger partial charge on any atom is 0.228 e. The van der Waals surface area contributed by atoms with E-state index in [0.29, 0.717) is 18.7 Å². The molecule has 0 saturated heterocycles. The van der Waals surface area contributed by atoms with Crippen molar-refractivity contribution in [3.63, 3.8) is 0 Å². The Hall–Kier alpha value is -0.880. The van der Waals surface area contributed by atoms with Crippen LogP contribution in [0.4, 0.5) is 5.82 Å². The fourth-order valence-electron chi connectivity index (χ4n) is 2.54. The van der Waals surface area contributed by atoms with Crippen molar-refractivity contribution < 1.29 is 9.90 Å². The van der Waals surface area contributed by atoms with Crippen molar-refractivity contribution in [3.8, 4) is 0 Å². The second kappa shape index (κ2) is 6.05. The van der Waals surface area contributed by atoms with E-state index in [1.807, 2.05) is 6.92 Å². The molecule has 1 amide bonds. The van der Waals surface area contributed by atoms with Gasteiger partial charge in [-0.2, -0.15) is 5.10 Å². The zero-order chi connectivity index (χ0) is 13.9. The summed E-state index contributed by atoms with van der Waals surface area (Å²) in [6, 6.07) is 0. The van der Waals surface area contributed by atoms with Crippen LogP contribution >= 0.6 is 15.9 Å². The quantitative estimate of drug-likeness (QED) is 0.794. The highest BCUT2D eigenvalue weighted by Crippen LogP contribution is 2.31. The molecule has 1 aliphatic carbocycles. The number of aliphatic hydroxyl groups is 1. The first-order valence-electron chi connectivity index (χ1n) is 6.79. The van der Waals surface area contributed by atoms with E-state index in [1.54, 1.807) is 0 Å². The Labute approximate surface area is 121 Å². The summed E-state index contributed by atoms with van der Waals surface area (Å²) >= 11 is 3.41. The van der Waals surface area contributed by atoms with E-state index in [9.17, 15) is 9.90 Å². The molecule has 5 nitrogen and oxygen atoms in total. The standard InChI is InChI=1S/C13H20BrN3O2/c1-2-9-11(14)12(17-16-9)15-10(18)8-13(19)6-4-3-5-7-13/h19H,2-8H2,1H3,(H2,15,16,17,18). The molecule has 1 fully saturated rings. The first-order valence-corrected chi connectivity index (χ1v) is 7.58. The fourth-order valence-corrected chi connectivity index (χ4v) is 3.10. The van der Waals surface area contributed by atoms with Gasteiger partial charge in [-0.3, -0.25) is 9.89 Å². The number of carbonyl (C=O) groups excluding carboxylic acids is 1. The first kappa shape index (κ1) is 14.5. The lowest BCUT2D eigenvalue weighted by atomic mass is 9.82. The number of anilines is 1. The number of nitrogens with one attached hydrogen (secondary N) is 2. The number of amides is 1. The third-order valence-electron chi connectivity index (χ3n) is 3.66. The SMILES string of the molecule is CCc1[nH]nc(NC(=O)CC2(O)CCCCC2)c1Br. The summed E-state index contributed by atoms with van der Waals surface area (Å²) in [5.74, 6) is 0.320. The van der Waals surface area contributed by atoms with Crippen LogP contribution < -0.4 is 5.32 Å². The topological polar surface area (TPSA) is 78.0 Å². The number of carbonyl (C=O) groups is 1. The number of rotatable bonds is 4. The summed E-state index contributed by atoms with van der Waals surface area (Å²) in [4.78, 5) is 12.0. The number of hydrogen-bond acceptors (Lipinski definition) is 3. The van der Waals surface area contributed by atoms with E-state index in [-0.39, 0.29) is 12.3 Å². The van der Waals surface area contributed by atoms with Gasteiger partial charge in [-0.1, -0.05) is 26.2 Å². The second-order valence-electron chi connectivity index (χ2n) is 5.23. The summed E-state index contributed by atoms with van der Waals surface area (Å²) < 4.78 is 0.791. The minimum Gasteiger partial charge on any atom is -0.389 e. The van der Waals surface area contributed by atoms with Crippen LogP contribution in [0.2, 0.25) is 0 Å². The number of aryl methyl sites for hydroxylation is 1. The van der Waals surface area contributed by atoms with Gasteiger partial charge in [-0.05, 0) is 35.2 Å². The number of halogens is 1. The molecule has 0 unspecified atom stereocenters. The van der Waals surface area contributed by atoms with Crippen molar-refractivity contribution in [3.05, 3.63) is 10.2 Å². The van der Waals surface area contributed by atoms with Crippen molar-refractivity contribution >= 4 is 27.7 Å². The van der Waals surface area contributed by atoms with Crippen molar-refractivity contribution in [1.29, 1.82) is 0 Å². The normalized spacial score (nSPS) is 18.3. The van der Waals surface area contributed by atoms with Crippen LogP contribution in [0.1, 0.15) is 51.1 Å². The molecule has 0 spiro atoms. The molecule has 6 heteroatoms. The van der Waals surface area contributed by atoms with Gasteiger partial charge in [0.2, 0.25) is 5.91 Å². The van der Waals surface area contributed by atoms with Gasteiger partial charge in [-0.25, -0.2) is 0 Å². The molecule has 19 heavy (non-hydrogen) atoms. The van der Waals surface area contributed by atoms with Crippen LogP contribution in [0.5, 0.6) is 0 Å². The highest BCUT2D eigenvalue weighted by atomic mass is 79.9. The van der Waals surface area contributed by atoms with Gasteiger partial charge in [0.25, 0.3) is 0 Å². The van der Waals surface area contributed by atoms with Crippen molar-refractivity contribution in [2.24, 2.45) is 0 Å². The Morgan fingerprint density at radius 2 is 2.16 bits per heavy atom. The summed E-state index contributed by atoms with van der Waals surface area (Å²) in [6.07, 6.45) is 5.52. The van der Waals surface area contributed by atoms with Crippen LogP contribution in [0.25, 0.3) is 0 Å². The summed E-state index contributed by atoms with van der Waals surface area (Å²) in [5, 5.41) is 20.0. The molecule has 1 aliphatic rings. The Balaban J connectivity index is 1.95. The van der Waals surface area contributed by atoms with Gasteiger partial charge >= 0.3 is 0 Å². The van der Waals surface area contributed by atoms with Crippen molar-refractivity contribution in [2.75, 3.05) is 5.32 Å². The Morgan fingerprint density at radius 3 is 2.74 bits per heavy atom. The fraction of sp³-hybridized carbons (Fsp3) is 0.692. The lowest BCUT2D eigenvalue weighted by Crippen LogP contribution is -2.36. The second-order valence-corrected chi connectivity index (χ2v) is 6.02. The molecule has 0 aromatic carbocycles. The average molecular weight is 330 g/mol. The van der Waals surface area contributed by atoms with Gasteiger partial charge in [0.15, 0.2) is 5.82 Å². The molecule has 0 bridgehead atoms. The molecule has 1 aromatic heterocycles. The molecule has 3 N–H and O–H groups in total. The molecular formula is C13H20BrN3O2.